The largest absolute Gasteiger partial charge is 0.380 e. The summed E-state index contributed by atoms with van der Waals surface area (Å²) >= 11 is 0. The van der Waals surface area contributed by atoms with Gasteiger partial charge >= 0.3 is 15.2 Å². The van der Waals surface area contributed by atoms with E-state index in [-0.39, 0.29) is 19.6 Å². The Morgan fingerprint density at radius 2 is 1.42 bits per heavy atom. The first-order valence-corrected chi connectivity index (χ1v) is 9.30. The van der Waals surface area contributed by atoms with E-state index in [2.05, 4.69) is 0 Å². The van der Waals surface area contributed by atoms with Crippen molar-refractivity contribution in [1.29, 1.82) is 0 Å². The Labute approximate surface area is 114 Å². The molecule has 7 nitrogen and oxygen atoms in total. The van der Waals surface area contributed by atoms with Crippen molar-refractivity contribution in [3.8, 4) is 0 Å². The minimum Gasteiger partial charge on any atom is -0.380 e. The maximum Gasteiger partial charge on any atom is 0.358 e. The molecule has 2 unspecified atom stereocenters. The van der Waals surface area contributed by atoms with Gasteiger partial charge in [-0.3, -0.25) is 9.13 Å². The minimum absolute atomic E-state index is 0.0732. The van der Waals surface area contributed by atoms with Crippen molar-refractivity contribution < 1.29 is 32.3 Å². The van der Waals surface area contributed by atoms with Crippen LogP contribution in [0.5, 0.6) is 0 Å². The molecule has 0 aromatic carbocycles. The van der Waals surface area contributed by atoms with Gasteiger partial charge in [-0.05, 0) is 20.3 Å². The minimum atomic E-state index is -3.63. The number of rotatable bonds is 10. The second-order valence-electron chi connectivity index (χ2n) is 3.85. The monoisotopic (exact) mass is 318 g/mol. The van der Waals surface area contributed by atoms with Crippen molar-refractivity contribution in [2.45, 2.75) is 38.7 Å². The molecule has 0 aliphatic rings. The molecule has 0 saturated carbocycles. The lowest BCUT2D eigenvalue weighted by Crippen LogP contribution is -2.19. The van der Waals surface area contributed by atoms with Crippen LogP contribution in [0.25, 0.3) is 0 Å². The van der Waals surface area contributed by atoms with E-state index in [0.717, 1.165) is 0 Å². The first kappa shape index (κ1) is 19.3. The zero-order valence-corrected chi connectivity index (χ0v) is 13.9. The third-order valence-corrected chi connectivity index (χ3v) is 7.07. The van der Waals surface area contributed by atoms with E-state index < -0.39 is 26.7 Å². The highest BCUT2D eigenvalue weighted by Gasteiger charge is 2.40. The quantitative estimate of drug-likeness (QED) is 0.619. The maximum atomic E-state index is 12.3. The Morgan fingerprint density at radius 3 is 1.74 bits per heavy atom. The van der Waals surface area contributed by atoms with Crippen molar-refractivity contribution in [3.05, 3.63) is 0 Å². The van der Waals surface area contributed by atoms with Crippen LogP contribution in [0.15, 0.2) is 0 Å². The molecule has 0 aliphatic carbocycles. The maximum absolute atomic E-state index is 12.3. The van der Waals surface area contributed by atoms with Gasteiger partial charge in [0, 0.05) is 14.2 Å². The van der Waals surface area contributed by atoms with Crippen LogP contribution >= 0.6 is 15.2 Å². The Balaban J connectivity index is 4.86. The van der Waals surface area contributed by atoms with Gasteiger partial charge < -0.3 is 23.2 Å². The molecule has 0 aliphatic heterocycles. The van der Waals surface area contributed by atoms with Crippen molar-refractivity contribution in [2.24, 2.45) is 0 Å². The standard InChI is InChI=1S/C10H24O7P2/c1-6-16-19(13,17-7-2)10(11)8-9(3)18(12,14-4)15-5/h9-11H,6-8H2,1-5H3. The van der Waals surface area contributed by atoms with Gasteiger partial charge in [-0.1, -0.05) is 6.92 Å². The summed E-state index contributed by atoms with van der Waals surface area (Å²) in [5.74, 6) is -1.37. The Morgan fingerprint density at radius 1 is 1.00 bits per heavy atom. The molecule has 0 fully saturated rings. The average molecular weight is 318 g/mol. The first-order chi connectivity index (χ1) is 8.79. The van der Waals surface area contributed by atoms with Gasteiger partial charge in [0.1, 0.15) is 0 Å². The summed E-state index contributed by atoms with van der Waals surface area (Å²) in [6, 6.07) is 0. The topological polar surface area (TPSA) is 91.3 Å². The zero-order chi connectivity index (χ0) is 15.1. The van der Waals surface area contributed by atoms with Crippen LogP contribution in [-0.4, -0.2) is 44.0 Å². The summed E-state index contributed by atoms with van der Waals surface area (Å²) in [6.07, 6.45) is -0.0732. The van der Waals surface area contributed by atoms with Crippen molar-refractivity contribution in [1.82, 2.24) is 0 Å². The van der Waals surface area contributed by atoms with E-state index in [1.165, 1.54) is 14.2 Å². The third kappa shape index (κ3) is 5.27. The van der Waals surface area contributed by atoms with Crippen LogP contribution in [0.1, 0.15) is 27.2 Å². The fraction of sp³-hybridized carbons (Fsp3) is 1.00. The van der Waals surface area contributed by atoms with E-state index in [4.69, 9.17) is 18.1 Å². The highest BCUT2D eigenvalue weighted by atomic mass is 31.2. The number of aliphatic hydroxyl groups excluding tert-OH is 1. The van der Waals surface area contributed by atoms with Gasteiger partial charge in [0.05, 0.1) is 18.9 Å². The molecule has 0 radical (unpaired) electrons. The molecule has 0 aromatic rings. The predicted molar refractivity (Wildman–Crippen MR) is 72.6 cm³/mol. The first-order valence-electron chi connectivity index (χ1n) is 6.07. The third-order valence-electron chi connectivity index (χ3n) is 2.58. The van der Waals surface area contributed by atoms with Crippen molar-refractivity contribution in [3.63, 3.8) is 0 Å². The number of aliphatic hydroxyl groups is 1. The fourth-order valence-electron chi connectivity index (χ4n) is 1.57. The Kier molecular flexibility index (Phi) is 8.64. The molecular formula is C10H24O7P2. The summed E-state index contributed by atoms with van der Waals surface area (Å²) in [6.45, 7) is 5.18. The smallest absolute Gasteiger partial charge is 0.358 e. The Hall–Kier alpha value is 0.260. The summed E-state index contributed by atoms with van der Waals surface area (Å²) in [5, 5.41) is 10.0. The molecule has 0 heterocycles. The highest BCUT2D eigenvalue weighted by Crippen LogP contribution is 2.58. The lowest BCUT2D eigenvalue weighted by atomic mass is 10.3. The molecule has 19 heavy (non-hydrogen) atoms. The van der Waals surface area contributed by atoms with Gasteiger partial charge in [-0.25, -0.2) is 0 Å². The lowest BCUT2D eigenvalue weighted by molar-refractivity contribution is 0.141. The SMILES string of the molecule is CCOP(=O)(OCC)C(O)CC(C)P(=O)(OC)OC. The van der Waals surface area contributed by atoms with Gasteiger partial charge in [-0.15, -0.1) is 0 Å². The summed E-state index contributed by atoms with van der Waals surface area (Å²) in [4.78, 5) is 0. The molecule has 0 rings (SSSR count). The van der Waals surface area contributed by atoms with E-state index >= 15 is 0 Å². The van der Waals surface area contributed by atoms with Gasteiger partial charge in [0.25, 0.3) is 0 Å². The molecule has 116 valence electrons. The summed E-state index contributed by atoms with van der Waals surface area (Å²) in [5.41, 5.74) is -0.633. The molecule has 1 N–H and O–H groups in total. The van der Waals surface area contributed by atoms with Gasteiger partial charge in [-0.2, -0.15) is 0 Å². The van der Waals surface area contributed by atoms with Gasteiger partial charge in [0.15, 0.2) is 5.85 Å². The van der Waals surface area contributed by atoms with Crippen LogP contribution < -0.4 is 0 Å². The predicted octanol–water partition coefficient (Wildman–Crippen LogP) is 2.84. The second-order valence-corrected chi connectivity index (χ2v) is 8.73. The van der Waals surface area contributed by atoms with Crippen LogP contribution in [0.2, 0.25) is 0 Å². The highest BCUT2D eigenvalue weighted by molar-refractivity contribution is 7.55. The number of hydrogen-bond donors (Lipinski definition) is 1. The second kappa shape index (κ2) is 8.53. The van der Waals surface area contributed by atoms with E-state index in [1.54, 1.807) is 20.8 Å². The van der Waals surface area contributed by atoms with Crippen molar-refractivity contribution in [2.75, 3.05) is 27.4 Å². The summed E-state index contributed by atoms with van der Waals surface area (Å²) in [7, 11) is -4.43. The van der Waals surface area contributed by atoms with Gasteiger partial charge in [0.2, 0.25) is 0 Å². The van der Waals surface area contributed by atoms with Crippen LogP contribution in [-0.2, 0) is 27.2 Å². The molecular weight excluding hydrogens is 294 g/mol. The molecule has 0 saturated heterocycles. The van der Waals surface area contributed by atoms with E-state index in [9.17, 15) is 14.2 Å². The van der Waals surface area contributed by atoms with Crippen LogP contribution in [0.4, 0.5) is 0 Å². The van der Waals surface area contributed by atoms with Crippen LogP contribution in [0, 0.1) is 0 Å². The zero-order valence-electron chi connectivity index (χ0n) is 12.1. The molecule has 0 spiro atoms. The van der Waals surface area contributed by atoms with Crippen molar-refractivity contribution >= 4 is 15.2 Å². The molecule has 0 amide bonds. The molecule has 2 atom stereocenters. The molecule has 9 heteroatoms. The fourth-order valence-corrected chi connectivity index (χ4v) is 4.77. The average Bonchev–Trinajstić information content (AvgIpc) is 2.38. The normalized spacial score (nSPS) is 16.3. The van der Waals surface area contributed by atoms with Crippen LogP contribution in [0.3, 0.4) is 0 Å². The summed E-state index contributed by atoms with van der Waals surface area (Å²) < 4.78 is 44.1. The molecule has 0 bridgehead atoms. The van der Waals surface area contributed by atoms with E-state index in [1.807, 2.05) is 0 Å². The molecule has 0 aromatic heterocycles. The van der Waals surface area contributed by atoms with E-state index in [0.29, 0.717) is 0 Å². The number of hydrogen-bond acceptors (Lipinski definition) is 7. The lowest BCUT2D eigenvalue weighted by Gasteiger charge is -2.26. The Bertz CT molecular complexity index is 329.